The first-order valence-corrected chi connectivity index (χ1v) is 10.1. The summed E-state index contributed by atoms with van der Waals surface area (Å²) in [7, 11) is 1.76. The van der Waals surface area contributed by atoms with Crippen LogP contribution in [0.3, 0.4) is 0 Å². The average Bonchev–Trinajstić information content (AvgIpc) is 2.73. The molecule has 0 amide bonds. The van der Waals surface area contributed by atoms with Crippen molar-refractivity contribution in [2.24, 2.45) is 0 Å². The summed E-state index contributed by atoms with van der Waals surface area (Å²) < 4.78 is 10.9. The Labute approximate surface area is 165 Å². The van der Waals surface area contributed by atoms with Crippen molar-refractivity contribution in [1.29, 1.82) is 0 Å². The maximum absolute atomic E-state index is 11.9. The van der Waals surface area contributed by atoms with E-state index in [0.717, 1.165) is 43.7 Å². The van der Waals surface area contributed by atoms with Gasteiger partial charge in [-0.25, -0.2) is 0 Å². The van der Waals surface area contributed by atoms with E-state index in [1.165, 1.54) is 36.3 Å². The Balaban J connectivity index is 1.30. The molecule has 0 saturated carbocycles. The van der Waals surface area contributed by atoms with Gasteiger partial charge in [-0.05, 0) is 86.0 Å². The van der Waals surface area contributed by atoms with Crippen molar-refractivity contribution in [3.63, 3.8) is 0 Å². The molecule has 1 N–H and O–H groups in total. The number of hydrogen-bond acceptors (Lipinski definition) is 4. The van der Waals surface area contributed by atoms with E-state index < -0.39 is 0 Å². The van der Waals surface area contributed by atoms with Crippen molar-refractivity contribution in [1.82, 2.24) is 5.32 Å². The smallest absolute Gasteiger partial charge is 0.192 e. The molecule has 0 bridgehead atoms. The Bertz CT molecular complexity index is 1010. The van der Waals surface area contributed by atoms with Gasteiger partial charge in [-0.2, -0.15) is 0 Å². The Morgan fingerprint density at radius 2 is 2.11 bits per heavy atom. The van der Waals surface area contributed by atoms with E-state index in [-0.39, 0.29) is 5.43 Å². The third kappa shape index (κ3) is 3.97. The molecule has 1 unspecified atom stereocenters. The van der Waals surface area contributed by atoms with Gasteiger partial charge in [0.15, 0.2) is 5.43 Å². The van der Waals surface area contributed by atoms with Crippen molar-refractivity contribution < 1.29 is 9.15 Å². The van der Waals surface area contributed by atoms with Gasteiger partial charge in [-0.3, -0.25) is 4.79 Å². The SMILES string of the molecule is COc1cccc2c1CCCC2CCNCCc1ccc2occc(=O)c2c1. The quantitative estimate of drug-likeness (QED) is 0.618. The van der Waals surface area contributed by atoms with Gasteiger partial charge < -0.3 is 14.5 Å². The largest absolute Gasteiger partial charge is 0.496 e. The van der Waals surface area contributed by atoms with Crippen LogP contribution in [0.25, 0.3) is 11.0 Å². The highest BCUT2D eigenvalue weighted by molar-refractivity contribution is 5.76. The maximum atomic E-state index is 11.9. The Morgan fingerprint density at radius 1 is 1.18 bits per heavy atom. The van der Waals surface area contributed by atoms with Crippen LogP contribution in [-0.4, -0.2) is 20.2 Å². The Morgan fingerprint density at radius 3 is 3.00 bits per heavy atom. The summed E-state index contributed by atoms with van der Waals surface area (Å²) in [5.41, 5.74) is 4.69. The average molecular weight is 377 g/mol. The number of hydrogen-bond donors (Lipinski definition) is 1. The molecule has 1 atom stereocenters. The van der Waals surface area contributed by atoms with Crippen LogP contribution in [0.2, 0.25) is 0 Å². The van der Waals surface area contributed by atoms with Crippen LogP contribution < -0.4 is 15.5 Å². The summed E-state index contributed by atoms with van der Waals surface area (Å²) in [5.74, 6) is 1.65. The Kier molecular flexibility index (Phi) is 5.77. The molecule has 0 aliphatic heterocycles. The molecule has 1 heterocycles. The molecule has 1 aliphatic rings. The molecule has 28 heavy (non-hydrogen) atoms. The second-order valence-electron chi connectivity index (χ2n) is 7.52. The van der Waals surface area contributed by atoms with E-state index in [1.54, 1.807) is 7.11 Å². The van der Waals surface area contributed by atoms with Crippen LogP contribution in [-0.2, 0) is 12.8 Å². The molecule has 2 aromatic carbocycles. The van der Waals surface area contributed by atoms with E-state index in [4.69, 9.17) is 9.15 Å². The zero-order chi connectivity index (χ0) is 19.3. The minimum Gasteiger partial charge on any atom is -0.496 e. The monoisotopic (exact) mass is 377 g/mol. The lowest BCUT2D eigenvalue weighted by atomic mass is 9.80. The maximum Gasteiger partial charge on any atom is 0.192 e. The minimum absolute atomic E-state index is 0.0162. The highest BCUT2D eigenvalue weighted by Crippen LogP contribution is 2.38. The summed E-state index contributed by atoms with van der Waals surface area (Å²) in [4.78, 5) is 11.9. The molecule has 0 fully saturated rings. The van der Waals surface area contributed by atoms with E-state index in [0.29, 0.717) is 16.9 Å². The summed E-state index contributed by atoms with van der Waals surface area (Å²) in [6, 6.07) is 13.8. The molecule has 146 valence electrons. The predicted octanol–water partition coefficient (Wildman–Crippen LogP) is 4.44. The van der Waals surface area contributed by atoms with Crippen LogP contribution in [0.4, 0.5) is 0 Å². The molecule has 0 spiro atoms. The molecule has 1 aliphatic carbocycles. The summed E-state index contributed by atoms with van der Waals surface area (Å²) >= 11 is 0. The molecule has 1 aromatic heterocycles. The van der Waals surface area contributed by atoms with E-state index in [2.05, 4.69) is 23.5 Å². The highest BCUT2D eigenvalue weighted by Gasteiger charge is 2.22. The molecular weight excluding hydrogens is 350 g/mol. The van der Waals surface area contributed by atoms with Crippen LogP contribution in [0.1, 0.15) is 41.9 Å². The number of fused-ring (bicyclic) bond motifs is 2. The van der Waals surface area contributed by atoms with Gasteiger partial charge in [0.2, 0.25) is 0 Å². The fourth-order valence-electron chi connectivity index (χ4n) is 4.33. The number of rotatable bonds is 7. The van der Waals surface area contributed by atoms with E-state index in [1.807, 2.05) is 18.2 Å². The predicted molar refractivity (Wildman–Crippen MR) is 112 cm³/mol. The molecular formula is C24H27NO3. The van der Waals surface area contributed by atoms with Gasteiger partial charge in [0, 0.05) is 6.07 Å². The first-order valence-electron chi connectivity index (χ1n) is 10.1. The van der Waals surface area contributed by atoms with Gasteiger partial charge in [-0.1, -0.05) is 18.2 Å². The molecule has 4 nitrogen and oxygen atoms in total. The zero-order valence-electron chi connectivity index (χ0n) is 16.4. The topological polar surface area (TPSA) is 51.5 Å². The normalized spacial score (nSPS) is 16.1. The fraction of sp³-hybridized carbons (Fsp3) is 0.375. The lowest BCUT2D eigenvalue weighted by molar-refractivity contribution is 0.401. The van der Waals surface area contributed by atoms with Crippen molar-refractivity contribution in [3.05, 3.63) is 75.6 Å². The molecule has 4 rings (SSSR count). The van der Waals surface area contributed by atoms with Gasteiger partial charge in [0.05, 0.1) is 18.8 Å². The van der Waals surface area contributed by atoms with Gasteiger partial charge >= 0.3 is 0 Å². The van der Waals surface area contributed by atoms with Crippen molar-refractivity contribution >= 4 is 11.0 Å². The second-order valence-corrected chi connectivity index (χ2v) is 7.52. The van der Waals surface area contributed by atoms with Crippen LogP contribution in [0.15, 0.2) is 57.9 Å². The molecule has 4 heteroatoms. The number of nitrogens with one attached hydrogen (secondary N) is 1. The molecule has 0 radical (unpaired) electrons. The van der Waals surface area contributed by atoms with Gasteiger partial charge in [-0.15, -0.1) is 0 Å². The van der Waals surface area contributed by atoms with Crippen LogP contribution >= 0.6 is 0 Å². The molecule has 3 aromatic rings. The van der Waals surface area contributed by atoms with Crippen molar-refractivity contribution in [2.75, 3.05) is 20.2 Å². The third-order valence-corrected chi connectivity index (χ3v) is 5.79. The third-order valence-electron chi connectivity index (χ3n) is 5.79. The van der Waals surface area contributed by atoms with Crippen molar-refractivity contribution in [3.8, 4) is 5.75 Å². The van der Waals surface area contributed by atoms with E-state index >= 15 is 0 Å². The number of methoxy groups -OCH3 is 1. The lowest BCUT2D eigenvalue weighted by Crippen LogP contribution is -2.22. The van der Waals surface area contributed by atoms with Gasteiger partial charge in [0.1, 0.15) is 11.3 Å². The summed E-state index contributed by atoms with van der Waals surface area (Å²) in [6.45, 7) is 1.90. The number of ether oxygens (including phenoxy) is 1. The highest BCUT2D eigenvalue weighted by atomic mass is 16.5. The zero-order valence-corrected chi connectivity index (χ0v) is 16.4. The summed E-state index contributed by atoms with van der Waals surface area (Å²) in [6.07, 6.45) is 7.10. The Hall–Kier alpha value is -2.59. The van der Waals surface area contributed by atoms with Crippen LogP contribution in [0.5, 0.6) is 5.75 Å². The number of benzene rings is 2. The van der Waals surface area contributed by atoms with Crippen LogP contribution in [0, 0.1) is 0 Å². The second kappa shape index (κ2) is 8.61. The summed E-state index contributed by atoms with van der Waals surface area (Å²) in [5, 5.41) is 4.23. The molecule has 0 saturated heterocycles. The van der Waals surface area contributed by atoms with Gasteiger partial charge in [0.25, 0.3) is 0 Å². The lowest BCUT2D eigenvalue weighted by Gasteiger charge is -2.27. The fourth-order valence-corrected chi connectivity index (χ4v) is 4.33. The van der Waals surface area contributed by atoms with Crippen molar-refractivity contribution in [2.45, 2.75) is 38.0 Å². The standard InChI is InChI=1S/C24H27NO3/c1-27-23-7-3-5-19-18(4-2-6-20(19)23)11-14-25-13-10-17-8-9-24-21(16-17)22(26)12-15-28-24/h3,5,7-9,12,15-16,18,25H,2,4,6,10-11,13-14H2,1H3. The van der Waals surface area contributed by atoms with E-state index in [9.17, 15) is 4.79 Å². The minimum atomic E-state index is 0.0162. The first-order chi connectivity index (χ1) is 13.8. The first kappa shape index (κ1) is 18.8.